The number of aromatic nitrogens is 2. The van der Waals surface area contributed by atoms with Gasteiger partial charge < -0.3 is 9.64 Å². The van der Waals surface area contributed by atoms with Gasteiger partial charge in [0.15, 0.2) is 5.82 Å². The van der Waals surface area contributed by atoms with Gasteiger partial charge >= 0.3 is 0 Å². The van der Waals surface area contributed by atoms with Gasteiger partial charge in [-0.05, 0) is 25.0 Å². The van der Waals surface area contributed by atoms with Gasteiger partial charge in [-0.25, -0.2) is 13.8 Å². The lowest BCUT2D eigenvalue weighted by molar-refractivity contribution is -0.117. The number of ketones is 1. The summed E-state index contributed by atoms with van der Waals surface area (Å²) < 4.78 is 33.5. The molecule has 35 heavy (non-hydrogen) atoms. The van der Waals surface area contributed by atoms with E-state index in [1.54, 1.807) is 24.5 Å². The number of hydrogen-bond acceptors (Lipinski definition) is 5. The minimum atomic E-state index is -2.84. The third-order valence-corrected chi connectivity index (χ3v) is 6.25. The van der Waals surface area contributed by atoms with Gasteiger partial charge in [-0.1, -0.05) is 55.5 Å². The van der Waals surface area contributed by atoms with Crippen LogP contribution >= 0.6 is 0 Å². The van der Waals surface area contributed by atoms with Crippen LogP contribution in [0.3, 0.4) is 0 Å². The first-order valence-electron chi connectivity index (χ1n) is 12.0. The van der Waals surface area contributed by atoms with Crippen molar-refractivity contribution in [2.75, 3.05) is 18.0 Å². The molecule has 2 aromatic carbocycles. The summed E-state index contributed by atoms with van der Waals surface area (Å²) in [6.45, 7) is 7.06. The zero-order chi connectivity index (χ0) is 25.0. The van der Waals surface area contributed by atoms with Crippen LogP contribution in [0, 0.1) is 0 Å². The van der Waals surface area contributed by atoms with Crippen molar-refractivity contribution in [1.29, 1.82) is 0 Å². The van der Waals surface area contributed by atoms with Gasteiger partial charge in [0.2, 0.25) is 0 Å². The second kappa shape index (κ2) is 10.6. The molecule has 1 fully saturated rings. The van der Waals surface area contributed by atoms with Gasteiger partial charge in [-0.3, -0.25) is 9.78 Å². The summed E-state index contributed by atoms with van der Waals surface area (Å²) in [5.41, 5.74) is 3.35. The number of ether oxygens (including phenoxy) is 1. The Labute approximate surface area is 205 Å². The maximum Gasteiger partial charge on any atom is 0.273 e. The number of hydrogen-bond donors (Lipinski definition) is 0. The number of Topliss-reactive ketones (excluding diaryl/α,β-unsaturated/α-hetero) is 1. The van der Waals surface area contributed by atoms with Gasteiger partial charge in [0, 0.05) is 55.9 Å². The molecule has 0 amide bonds. The fourth-order valence-electron chi connectivity index (χ4n) is 4.49. The normalized spacial score (nSPS) is 18.5. The van der Waals surface area contributed by atoms with E-state index in [1.165, 1.54) is 19.1 Å². The average molecular weight is 480 g/mol. The summed E-state index contributed by atoms with van der Waals surface area (Å²) in [5, 5.41) is 0. The Balaban J connectivity index is 1.42. The maximum atomic E-state index is 13.8. The van der Waals surface area contributed by atoms with Gasteiger partial charge in [0.1, 0.15) is 11.5 Å². The fraction of sp³-hybridized carbons (Fsp3) is 0.393. The van der Waals surface area contributed by atoms with Gasteiger partial charge in [0.25, 0.3) is 5.92 Å². The Hall–Kier alpha value is -3.19. The van der Waals surface area contributed by atoms with E-state index in [0.717, 1.165) is 41.3 Å². The highest BCUT2D eigenvalue weighted by Crippen LogP contribution is 2.31. The van der Waals surface area contributed by atoms with Crippen molar-refractivity contribution in [2.24, 2.45) is 0 Å². The van der Waals surface area contributed by atoms with Crippen LogP contribution in [0.5, 0.6) is 0 Å². The summed E-state index contributed by atoms with van der Waals surface area (Å²) in [6, 6.07) is 13.8. The highest BCUT2D eigenvalue weighted by atomic mass is 19.3. The number of rotatable bonds is 8. The van der Waals surface area contributed by atoms with E-state index >= 15 is 0 Å². The lowest BCUT2D eigenvalue weighted by Crippen LogP contribution is -2.46. The third-order valence-electron chi connectivity index (χ3n) is 6.25. The number of anilines is 1. The first-order chi connectivity index (χ1) is 16.7. The number of alkyl halides is 2. The van der Waals surface area contributed by atoms with Crippen molar-refractivity contribution in [3.05, 3.63) is 77.6 Å². The van der Waals surface area contributed by atoms with Gasteiger partial charge in [0.05, 0.1) is 12.2 Å². The molecule has 3 aromatic rings. The molecule has 1 aliphatic rings. The minimum Gasteiger partial charge on any atom is -0.372 e. The lowest BCUT2D eigenvalue weighted by Gasteiger charge is -2.36. The predicted molar refractivity (Wildman–Crippen MR) is 133 cm³/mol. The van der Waals surface area contributed by atoms with Crippen LogP contribution in [-0.2, 0) is 28.3 Å². The molecule has 0 spiro atoms. The smallest absolute Gasteiger partial charge is 0.273 e. The Morgan fingerprint density at radius 2 is 1.49 bits per heavy atom. The quantitative estimate of drug-likeness (QED) is 0.420. The summed E-state index contributed by atoms with van der Waals surface area (Å²) in [4.78, 5) is 24.0. The predicted octanol–water partition coefficient (Wildman–Crippen LogP) is 5.61. The number of morpholine rings is 1. The molecular formula is C28H31F2N3O2. The summed E-state index contributed by atoms with van der Waals surface area (Å²) in [6.07, 6.45) is 3.85. The molecule has 0 aliphatic carbocycles. The Kier molecular flexibility index (Phi) is 7.55. The molecule has 1 aliphatic heterocycles. The van der Waals surface area contributed by atoms with Crippen molar-refractivity contribution >= 4 is 11.6 Å². The van der Waals surface area contributed by atoms with Gasteiger partial charge in [-0.2, -0.15) is 0 Å². The molecule has 184 valence electrons. The maximum absolute atomic E-state index is 13.8. The average Bonchev–Trinajstić information content (AvgIpc) is 2.84. The largest absolute Gasteiger partial charge is 0.372 e. The van der Waals surface area contributed by atoms with E-state index in [-0.39, 0.29) is 42.8 Å². The molecule has 0 unspecified atom stereocenters. The number of carbonyl (C=O) groups is 1. The third kappa shape index (κ3) is 6.09. The molecular weight excluding hydrogens is 448 g/mol. The Morgan fingerprint density at radius 3 is 2.06 bits per heavy atom. The van der Waals surface area contributed by atoms with Crippen LogP contribution in [0.25, 0.3) is 11.3 Å². The Morgan fingerprint density at radius 1 is 0.943 bits per heavy atom. The number of benzene rings is 2. The van der Waals surface area contributed by atoms with Gasteiger partial charge in [-0.15, -0.1) is 0 Å². The van der Waals surface area contributed by atoms with Crippen LogP contribution in [0.2, 0.25) is 0 Å². The monoisotopic (exact) mass is 479 g/mol. The second-order valence-electron chi connectivity index (χ2n) is 9.23. The zero-order valence-corrected chi connectivity index (χ0v) is 20.4. The SMILES string of the molecule is CCC(F)(F)c1ccc(CC(=O)Cc2ccc(-c3nccnc3N3C[C@@H](C)O[C@@H](C)C3)cc2)cc1. The molecule has 0 N–H and O–H groups in total. The van der Waals surface area contributed by atoms with Crippen LogP contribution in [0.4, 0.5) is 14.6 Å². The molecule has 2 atom stereocenters. The van der Waals surface area contributed by atoms with Crippen molar-refractivity contribution in [3.8, 4) is 11.3 Å². The summed E-state index contributed by atoms with van der Waals surface area (Å²) in [5.74, 6) is -1.98. The number of carbonyl (C=O) groups excluding carboxylic acids is 1. The van der Waals surface area contributed by atoms with Crippen molar-refractivity contribution < 1.29 is 18.3 Å². The lowest BCUT2D eigenvalue weighted by atomic mass is 9.99. The molecule has 1 saturated heterocycles. The number of nitrogens with zero attached hydrogens (tertiary/aromatic N) is 3. The van der Waals surface area contributed by atoms with Crippen molar-refractivity contribution in [2.45, 2.75) is 58.2 Å². The molecule has 0 radical (unpaired) electrons. The Bertz CT molecular complexity index is 1140. The minimum absolute atomic E-state index is 0.0174. The van der Waals surface area contributed by atoms with E-state index in [1.807, 2.05) is 24.3 Å². The first kappa shape index (κ1) is 24.9. The highest BCUT2D eigenvalue weighted by molar-refractivity contribution is 5.83. The van der Waals surface area contributed by atoms with Crippen LogP contribution < -0.4 is 4.90 Å². The summed E-state index contributed by atoms with van der Waals surface area (Å²) in [7, 11) is 0. The molecule has 7 heteroatoms. The van der Waals surface area contributed by atoms with E-state index in [4.69, 9.17) is 4.74 Å². The van der Waals surface area contributed by atoms with Crippen LogP contribution in [0.15, 0.2) is 60.9 Å². The molecule has 4 rings (SSSR count). The summed E-state index contributed by atoms with van der Waals surface area (Å²) >= 11 is 0. The zero-order valence-electron chi connectivity index (χ0n) is 20.4. The van der Waals surface area contributed by atoms with Crippen molar-refractivity contribution in [3.63, 3.8) is 0 Å². The van der Waals surface area contributed by atoms with Crippen molar-refractivity contribution in [1.82, 2.24) is 9.97 Å². The standard InChI is InChI=1S/C28H31F2N3O2/c1-4-28(29,30)24-11-7-22(8-12-24)16-25(34)15-21-5-9-23(10-6-21)26-27(32-14-13-31-26)33-17-19(2)35-20(3)18-33/h5-14,19-20H,4,15-18H2,1-3H3/t19-,20+. The second-order valence-corrected chi connectivity index (χ2v) is 9.23. The molecule has 0 bridgehead atoms. The van der Waals surface area contributed by atoms with E-state index in [0.29, 0.717) is 0 Å². The van der Waals surface area contributed by atoms with E-state index < -0.39 is 5.92 Å². The first-order valence-corrected chi connectivity index (χ1v) is 12.0. The topological polar surface area (TPSA) is 55.3 Å². The highest BCUT2D eigenvalue weighted by Gasteiger charge is 2.28. The molecule has 0 saturated carbocycles. The van der Waals surface area contributed by atoms with E-state index in [9.17, 15) is 13.6 Å². The van der Waals surface area contributed by atoms with Crippen LogP contribution in [-0.4, -0.2) is 41.0 Å². The number of halogens is 2. The molecule has 1 aromatic heterocycles. The van der Waals surface area contributed by atoms with Crippen LogP contribution in [0.1, 0.15) is 43.9 Å². The molecule has 2 heterocycles. The fourth-order valence-corrected chi connectivity index (χ4v) is 4.49. The van der Waals surface area contributed by atoms with E-state index in [2.05, 4.69) is 28.7 Å². The molecule has 5 nitrogen and oxygen atoms in total.